The van der Waals surface area contributed by atoms with Gasteiger partial charge in [-0.25, -0.2) is 0 Å². The van der Waals surface area contributed by atoms with Crippen molar-refractivity contribution < 1.29 is 5.11 Å². The van der Waals surface area contributed by atoms with Crippen molar-refractivity contribution in [1.29, 1.82) is 0 Å². The van der Waals surface area contributed by atoms with Crippen LogP contribution in [0, 0.1) is 0 Å². The number of likely N-dealkylation sites (tertiary alicyclic amines) is 1. The van der Waals surface area contributed by atoms with Gasteiger partial charge in [-0.1, -0.05) is 30.2 Å². The minimum Gasteiger partial charge on any atom is -0.395 e. The third-order valence-corrected chi connectivity index (χ3v) is 4.20. The number of piperidine rings is 1. The zero-order valence-electron chi connectivity index (χ0n) is 11.4. The van der Waals surface area contributed by atoms with Crippen molar-refractivity contribution >= 4 is 11.6 Å². The lowest BCUT2D eigenvalue weighted by Crippen LogP contribution is -2.49. The number of nitrogens with two attached hydrogens (primary N) is 1. The molecule has 3 atom stereocenters. The van der Waals surface area contributed by atoms with E-state index in [1.165, 1.54) is 18.4 Å². The van der Waals surface area contributed by atoms with E-state index in [0.29, 0.717) is 0 Å². The average molecular weight is 283 g/mol. The second-order valence-electron chi connectivity index (χ2n) is 5.43. The molecule has 1 aliphatic heterocycles. The van der Waals surface area contributed by atoms with Gasteiger partial charge in [0.15, 0.2) is 0 Å². The molecule has 1 saturated heterocycles. The van der Waals surface area contributed by atoms with E-state index in [1.54, 1.807) is 0 Å². The summed E-state index contributed by atoms with van der Waals surface area (Å²) in [6.07, 6.45) is 3.41. The molecule has 0 saturated carbocycles. The van der Waals surface area contributed by atoms with Crippen molar-refractivity contribution in [3.63, 3.8) is 0 Å². The molecule has 1 aromatic carbocycles. The molecule has 0 aliphatic carbocycles. The highest BCUT2D eigenvalue weighted by atomic mass is 35.5. The van der Waals surface area contributed by atoms with E-state index in [-0.39, 0.29) is 24.7 Å². The smallest absolute Gasteiger partial charge is 0.0587 e. The number of aliphatic hydroxyl groups is 1. The predicted octanol–water partition coefficient (Wildman–Crippen LogP) is 2.58. The normalized spacial score (nSPS) is 24.1. The van der Waals surface area contributed by atoms with Crippen molar-refractivity contribution in [3.05, 3.63) is 34.9 Å². The van der Waals surface area contributed by atoms with Gasteiger partial charge in [0.25, 0.3) is 0 Å². The SMILES string of the molecule is CC(N)C(c1ccc(Cl)cc1)N1CCCCC1CO. The monoisotopic (exact) mass is 282 g/mol. The van der Waals surface area contributed by atoms with Gasteiger partial charge in [-0.2, -0.15) is 0 Å². The molecule has 0 spiro atoms. The van der Waals surface area contributed by atoms with Gasteiger partial charge in [0, 0.05) is 23.1 Å². The Labute approximate surface area is 120 Å². The topological polar surface area (TPSA) is 49.5 Å². The highest BCUT2D eigenvalue weighted by Gasteiger charge is 2.31. The van der Waals surface area contributed by atoms with Gasteiger partial charge >= 0.3 is 0 Å². The van der Waals surface area contributed by atoms with Crippen LogP contribution in [0.1, 0.15) is 37.8 Å². The second kappa shape index (κ2) is 6.71. The number of aliphatic hydroxyl groups excluding tert-OH is 1. The van der Waals surface area contributed by atoms with Crippen LogP contribution >= 0.6 is 11.6 Å². The van der Waals surface area contributed by atoms with Crippen LogP contribution in [0.25, 0.3) is 0 Å². The summed E-state index contributed by atoms with van der Waals surface area (Å²) in [6.45, 7) is 3.24. The van der Waals surface area contributed by atoms with Crippen LogP contribution in [0.15, 0.2) is 24.3 Å². The highest BCUT2D eigenvalue weighted by Crippen LogP contribution is 2.31. The number of nitrogens with zero attached hydrogens (tertiary/aromatic N) is 1. The van der Waals surface area contributed by atoms with Crippen molar-refractivity contribution in [2.45, 2.75) is 44.3 Å². The Hall–Kier alpha value is -0.610. The van der Waals surface area contributed by atoms with Gasteiger partial charge in [0.2, 0.25) is 0 Å². The van der Waals surface area contributed by atoms with Crippen molar-refractivity contribution in [2.24, 2.45) is 5.73 Å². The fraction of sp³-hybridized carbons (Fsp3) is 0.600. The molecule has 1 aliphatic rings. The number of hydrogen-bond acceptors (Lipinski definition) is 3. The highest BCUT2D eigenvalue weighted by molar-refractivity contribution is 6.30. The Bertz CT molecular complexity index is 394. The van der Waals surface area contributed by atoms with E-state index in [4.69, 9.17) is 17.3 Å². The molecule has 2 rings (SSSR count). The van der Waals surface area contributed by atoms with E-state index in [9.17, 15) is 5.11 Å². The first-order chi connectivity index (χ1) is 9.13. The minimum absolute atomic E-state index is 0.0216. The molecule has 0 radical (unpaired) electrons. The van der Waals surface area contributed by atoms with Gasteiger partial charge < -0.3 is 10.8 Å². The Morgan fingerprint density at radius 3 is 2.63 bits per heavy atom. The lowest BCUT2D eigenvalue weighted by Gasteiger charge is -2.42. The van der Waals surface area contributed by atoms with Crippen molar-refractivity contribution in [2.75, 3.05) is 13.2 Å². The van der Waals surface area contributed by atoms with Gasteiger partial charge in [-0.15, -0.1) is 0 Å². The fourth-order valence-corrected chi connectivity index (χ4v) is 3.17. The maximum absolute atomic E-state index is 9.58. The molecule has 106 valence electrons. The summed E-state index contributed by atoms with van der Waals surface area (Å²) >= 11 is 5.95. The van der Waals surface area contributed by atoms with Crippen LogP contribution < -0.4 is 5.73 Å². The van der Waals surface area contributed by atoms with Crippen molar-refractivity contribution in [1.82, 2.24) is 4.90 Å². The summed E-state index contributed by atoms with van der Waals surface area (Å²) in [5, 5.41) is 10.3. The lowest BCUT2D eigenvalue weighted by molar-refractivity contribution is 0.0444. The van der Waals surface area contributed by atoms with E-state index >= 15 is 0 Å². The van der Waals surface area contributed by atoms with E-state index in [1.807, 2.05) is 31.2 Å². The summed E-state index contributed by atoms with van der Waals surface area (Å²) in [5.74, 6) is 0. The summed E-state index contributed by atoms with van der Waals surface area (Å²) < 4.78 is 0. The number of hydrogen-bond donors (Lipinski definition) is 2. The van der Waals surface area contributed by atoms with Crippen LogP contribution in [-0.4, -0.2) is 35.2 Å². The van der Waals surface area contributed by atoms with Gasteiger partial charge in [0.05, 0.1) is 6.61 Å². The van der Waals surface area contributed by atoms with Gasteiger partial charge in [-0.05, 0) is 44.0 Å². The van der Waals surface area contributed by atoms with E-state index in [2.05, 4.69) is 4.90 Å². The molecular formula is C15H23ClN2O. The Morgan fingerprint density at radius 2 is 2.05 bits per heavy atom. The molecular weight excluding hydrogens is 260 g/mol. The fourth-order valence-electron chi connectivity index (χ4n) is 3.04. The Kier molecular flexibility index (Phi) is 5.22. The average Bonchev–Trinajstić information content (AvgIpc) is 2.41. The van der Waals surface area contributed by atoms with Crippen molar-refractivity contribution in [3.8, 4) is 0 Å². The number of halogens is 1. The molecule has 0 aromatic heterocycles. The molecule has 1 aromatic rings. The Morgan fingerprint density at radius 1 is 1.37 bits per heavy atom. The molecule has 4 heteroatoms. The molecule has 1 heterocycles. The summed E-state index contributed by atoms with van der Waals surface area (Å²) in [7, 11) is 0. The standard InChI is InChI=1S/C15H23ClN2O/c1-11(17)15(12-5-7-13(16)8-6-12)18-9-3-2-4-14(18)10-19/h5-8,11,14-15,19H,2-4,9-10,17H2,1H3. The zero-order chi connectivity index (χ0) is 13.8. The summed E-state index contributed by atoms with van der Waals surface area (Å²) in [6, 6.07) is 8.29. The largest absolute Gasteiger partial charge is 0.395 e. The van der Waals surface area contributed by atoms with Crippen LogP contribution in [0.3, 0.4) is 0 Å². The predicted molar refractivity (Wildman–Crippen MR) is 79.3 cm³/mol. The maximum atomic E-state index is 9.58. The molecule has 19 heavy (non-hydrogen) atoms. The van der Waals surface area contributed by atoms with Gasteiger partial charge in [0.1, 0.15) is 0 Å². The minimum atomic E-state index is 0.0216. The Balaban J connectivity index is 2.25. The number of rotatable bonds is 4. The quantitative estimate of drug-likeness (QED) is 0.892. The van der Waals surface area contributed by atoms with Crippen LogP contribution in [0.2, 0.25) is 5.02 Å². The van der Waals surface area contributed by atoms with Crippen LogP contribution in [0.5, 0.6) is 0 Å². The van der Waals surface area contributed by atoms with Gasteiger partial charge in [-0.3, -0.25) is 4.90 Å². The second-order valence-corrected chi connectivity index (χ2v) is 5.86. The molecule has 1 fully saturated rings. The maximum Gasteiger partial charge on any atom is 0.0587 e. The zero-order valence-corrected chi connectivity index (χ0v) is 12.2. The molecule has 0 bridgehead atoms. The van der Waals surface area contributed by atoms with E-state index < -0.39 is 0 Å². The molecule has 3 N–H and O–H groups in total. The molecule has 3 nitrogen and oxygen atoms in total. The first kappa shape index (κ1) is 14.8. The van der Waals surface area contributed by atoms with Crippen LogP contribution in [0.4, 0.5) is 0 Å². The van der Waals surface area contributed by atoms with E-state index in [0.717, 1.165) is 18.0 Å². The van der Waals surface area contributed by atoms with Crippen LogP contribution in [-0.2, 0) is 0 Å². The third kappa shape index (κ3) is 3.48. The summed E-state index contributed by atoms with van der Waals surface area (Å²) in [4.78, 5) is 2.36. The number of benzene rings is 1. The first-order valence-electron chi connectivity index (χ1n) is 7.01. The molecule has 3 unspecified atom stereocenters. The lowest BCUT2D eigenvalue weighted by atomic mass is 9.93. The first-order valence-corrected chi connectivity index (χ1v) is 7.39. The molecule has 0 amide bonds. The summed E-state index contributed by atoms with van der Waals surface area (Å²) in [5.41, 5.74) is 7.38. The third-order valence-electron chi connectivity index (χ3n) is 3.95.